The second kappa shape index (κ2) is 13.4. The van der Waals surface area contributed by atoms with Gasteiger partial charge in [0.15, 0.2) is 0 Å². The van der Waals surface area contributed by atoms with Gasteiger partial charge in [-0.15, -0.1) is 0 Å². The first-order chi connectivity index (χ1) is 19.9. The molecular weight excluding hydrogens is 552 g/mol. The van der Waals surface area contributed by atoms with Gasteiger partial charge in [-0.3, -0.25) is 33.8 Å². The molecule has 1 heterocycles. The van der Waals surface area contributed by atoms with E-state index in [2.05, 4.69) is 10.6 Å². The molecule has 2 aromatic carbocycles. The molecule has 0 bridgehead atoms. The Morgan fingerprint density at radius 1 is 1.10 bits per heavy atom. The summed E-state index contributed by atoms with van der Waals surface area (Å²) in [5.74, 6) is -6.13. The van der Waals surface area contributed by atoms with E-state index in [0.717, 1.165) is 9.80 Å². The van der Waals surface area contributed by atoms with E-state index in [0.29, 0.717) is 11.1 Å². The highest BCUT2D eigenvalue weighted by Gasteiger charge is 2.39. The summed E-state index contributed by atoms with van der Waals surface area (Å²) in [5.41, 5.74) is 1.01. The van der Waals surface area contributed by atoms with Crippen LogP contribution in [0.3, 0.4) is 0 Å². The highest BCUT2D eigenvalue weighted by molar-refractivity contribution is 6.39. The molecule has 0 saturated carbocycles. The molecule has 14 heteroatoms. The van der Waals surface area contributed by atoms with E-state index >= 15 is 0 Å². The van der Waals surface area contributed by atoms with Crippen molar-refractivity contribution in [1.29, 1.82) is 0 Å². The summed E-state index contributed by atoms with van der Waals surface area (Å²) in [4.78, 5) is 89.8. The number of nitrogens with one attached hydrogen (secondary N) is 2. The molecular formula is C28H30N4O10. The van der Waals surface area contributed by atoms with Gasteiger partial charge in [-0.2, -0.15) is 0 Å². The van der Waals surface area contributed by atoms with Crippen molar-refractivity contribution in [1.82, 2.24) is 10.6 Å². The fourth-order valence-corrected chi connectivity index (χ4v) is 4.40. The van der Waals surface area contributed by atoms with Gasteiger partial charge in [-0.25, -0.2) is 4.79 Å². The Morgan fingerprint density at radius 3 is 2.29 bits per heavy atom. The molecule has 14 nitrogen and oxygen atoms in total. The van der Waals surface area contributed by atoms with Crippen LogP contribution < -0.4 is 20.4 Å². The van der Waals surface area contributed by atoms with Gasteiger partial charge in [0.1, 0.15) is 24.6 Å². The molecule has 4 N–H and O–H groups in total. The number of carboxylic acid groups (broad SMARTS) is 1. The summed E-state index contributed by atoms with van der Waals surface area (Å²) in [6.07, 6.45) is -0.444. The number of fused-ring (bicyclic) bond motifs is 1. The highest BCUT2D eigenvalue weighted by Crippen LogP contribution is 2.33. The number of para-hydroxylation sites is 2. The van der Waals surface area contributed by atoms with Crippen LogP contribution in [0.1, 0.15) is 34.8 Å². The highest BCUT2D eigenvalue weighted by atomic mass is 16.5. The number of hydrogen-bond acceptors (Lipinski definition) is 9. The number of aldehydes is 1. The van der Waals surface area contributed by atoms with Crippen LogP contribution in [-0.2, 0) is 33.5 Å². The molecule has 2 aromatic rings. The van der Waals surface area contributed by atoms with E-state index in [4.69, 9.17) is 9.84 Å². The summed E-state index contributed by atoms with van der Waals surface area (Å²) in [7, 11) is 0. The molecule has 0 spiro atoms. The number of carbonyl (C=O) groups excluding carboxylic acids is 6. The molecule has 1 aliphatic rings. The van der Waals surface area contributed by atoms with Crippen LogP contribution in [-0.4, -0.2) is 83.8 Å². The van der Waals surface area contributed by atoms with Crippen molar-refractivity contribution >= 4 is 53.2 Å². The average Bonchev–Trinajstić information content (AvgIpc) is 3.05. The minimum Gasteiger partial charge on any atom is -0.507 e. The first-order valence-electron chi connectivity index (χ1n) is 12.8. The molecule has 222 valence electrons. The van der Waals surface area contributed by atoms with Crippen LogP contribution >= 0.6 is 0 Å². The Hall–Kier alpha value is -5.27. The van der Waals surface area contributed by atoms with E-state index in [9.17, 15) is 38.7 Å². The van der Waals surface area contributed by atoms with Gasteiger partial charge in [-0.05, 0) is 56.2 Å². The van der Waals surface area contributed by atoms with Crippen molar-refractivity contribution in [2.75, 3.05) is 29.5 Å². The van der Waals surface area contributed by atoms with Crippen LogP contribution in [0.4, 0.5) is 11.4 Å². The SMILES string of the molecule is CCOC(=O)C(=O)N1C[C@H](NC(=O)c2cc(C)c(O)c(C)c2)C(=O)N(CC(=O)N[C@H](C=O)CC(=O)O)c2ccccc21. The van der Waals surface area contributed by atoms with Crippen LogP contribution in [0, 0.1) is 13.8 Å². The summed E-state index contributed by atoms with van der Waals surface area (Å²) < 4.78 is 4.86. The third-order valence-electron chi connectivity index (χ3n) is 6.35. The summed E-state index contributed by atoms with van der Waals surface area (Å²) in [6.45, 7) is 3.36. The van der Waals surface area contributed by atoms with Crippen molar-refractivity contribution < 1.29 is 48.5 Å². The van der Waals surface area contributed by atoms with E-state index in [1.165, 1.54) is 43.3 Å². The Morgan fingerprint density at radius 2 is 1.71 bits per heavy atom. The number of esters is 1. The first kappa shape index (κ1) is 31.3. The maximum Gasteiger partial charge on any atom is 0.397 e. The van der Waals surface area contributed by atoms with Gasteiger partial charge in [0, 0.05) is 5.56 Å². The molecule has 4 amide bonds. The Labute approximate surface area is 240 Å². The lowest BCUT2D eigenvalue weighted by Crippen LogP contribution is -2.55. The van der Waals surface area contributed by atoms with Crippen molar-refractivity contribution in [3.8, 4) is 5.75 Å². The molecule has 42 heavy (non-hydrogen) atoms. The Bertz CT molecular complexity index is 1420. The summed E-state index contributed by atoms with van der Waals surface area (Å²) >= 11 is 0. The first-order valence-corrected chi connectivity index (χ1v) is 12.8. The van der Waals surface area contributed by atoms with Gasteiger partial charge in [-0.1, -0.05) is 12.1 Å². The monoisotopic (exact) mass is 582 g/mol. The number of aromatic hydroxyl groups is 1. The zero-order chi connectivity index (χ0) is 31.1. The van der Waals surface area contributed by atoms with Gasteiger partial charge >= 0.3 is 17.8 Å². The molecule has 1 aliphatic heterocycles. The topological polar surface area (TPSA) is 200 Å². The van der Waals surface area contributed by atoms with Gasteiger partial charge in [0.2, 0.25) is 5.91 Å². The van der Waals surface area contributed by atoms with Gasteiger partial charge < -0.3 is 30.4 Å². The minimum atomic E-state index is -1.48. The maximum atomic E-state index is 13.9. The Balaban J connectivity index is 2.04. The largest absolute Gasteiger partial charge is 0.507 e. The van der Waals surface area contributed by atoms with E-state index in [1.54, 1.807) is 13.8 Å². The predicted octanol–water partition coefficient (Wildman–Crippen LogP) is 0.209. The number of rotatable bonds is 9. The number of phenolic OH excluding ortho intramolecular Hbond substituents is 1. The number of benzene rings is 2. The number of aryl methyl sites for hydroxylation is 2. The van der Waals surface area contributed by atoms with Crippen molar-refractivity contribution in [2.24, 2.45) is 0 Å². The fourth-order valence-electron chi connectivity index (χ4n) is 4.40. The molecule has 0 radical (unpaired) electrons. The number of phenols is 1. The third kappa shape index (κ3) is 7.08. The number of aliphatic carboxylic acids is 1. The number of amides is 4. The molecule has 0 unspecified atom stereocenters. The van der Waals surface area contributed by atoms with Gasteiger partial charge in [0.25, 0.3) is 11.8 Å². The lowest BCUT2D eigenvalue weighted by Gasteiger charge is -2.25. The number of carboxylic acids is 1. The number of carbonyl (C=O) groups is 7. The van der Waals surface area contributed by atoms with E-state index in [1.807, 2.05) is 0 Å². The molecule has 2 atom stereocenters. The van der Waals surface area contributed by atoms with Crippen molar-refractivity contribution in [3.63, 3.8) is 0 Å². The number of ether oxygens (including phenoxy) is 1. The van der Waals surface area contributed by atoms with Crippen molar-refractivity contribution in [2.45, 2.75) is 39.3 Å². The quantitative estimate of drug-likeness (QED) is 0.180. The second-order valence-corrected chi connectivity index (χ2v) is 9.44. The van der Waals surface area contributed by atoms with Crippen LogP contribution in [0.5, 0.6) is 5.75 Å². The molecule has 3 rings (SSSR count). The lowest BCUT2D eigenvalue weighted by atomic mass is 10.0. The number of hydrogen-bond donors (Lipinski definition) is 4. The van der Waals surface area contributed by atoms with Crippen LogP contribution in [0.15, 0.2) is 36.4 Å². The van der Waals surface area contributed by atoms with Gasteiger partial charge in [0.05, 0.1) is 37.0 Å². The normalized spacial score (nSPS) is 15.1. The number of nitrogens with zero attached hydrogens (tertiary/aromatic N) is 2. The summed E-state index contributed by atoms with van der Waals surface area (Å²) in [5, 5.41) is 23.8. The smallest absolute Gasteiger partial charge is 0.397 e. The fraction of sp³-hybridized carbons (Fsp3) is 0.321. The number of anilines is 2. The molecule has 0 fully saturated rings. The van der Waals surface area contributed by atoms with Crippen LogP contribution in [0.25, 0.3) is 0 Å². The minimum absolute atomic E-state index is 0.00698. The zero-order valence-corrected chi connectivity index (χ0v) is 23.1. The van der Waals surface area contributed by atoms with E-state index < -0.39 is 67.2 Å². The molecule has 0 aromatic heterocycles. The maximum absolute atomic E-state index is 13.9. The van der Waals surface area contributed by atoms with Crippen molar-refractivity contribution in [3.05, 3.63) is 53.1 Å². The van der Waals surface area contributed by atoms with Crippen LogP contribution in [0.2, 0.25) is 0 Å². The van der Waals surface area contributed by atoms with E-state index in [-0.39, 0.29) is 35.6 Å². The standard InChI is InChI=1S/C28H30N4O10/c1-4-42-28(41)27(40)31-12-19(30-25(38)17-9-15(2)24(37)16(3)10-17)26(39)32(21-8-6-5-7-20(21)31)13-22(34)29-18(14-33)11-23(35)36/h5-10,14,18-19,37H,4,11-13H2,1-3H3,(H,29,34)(H,30,38)(H,35,36)/t18-,19-/m0/s1. The zero-order valence-electron chi connectivity index (χ0n) is 23.1. The average molecular weight is 583 g/mol. The third-order valence-corrected chi connectivity index (χ3v) is 6.35. The Kier molecular flexibility index (Phi) is 9.97. The predicted molar refractivity (Wildman–Crippen MR) is 147 cm³/mol. The molecule has 0 aliphatic carbocycles. The lowest BCUT2D eigenvalue weighted by molar-refractivity contribution is -0.153. The molecule has 0 saturated heterocycles. The summed E-state index contributed by atoms with van der Waals surface area (Å²) in [6, 6.07) is 5.85. The second-order valence-electron chi connectivity index (χ2n) is 9.44.